The predicted octanol–water partition coefficient (Wildman–Crippen LogP) is -3.40. The zero-order valence-corrected chi connectivity index (χ0v) is 16.7. The monoisotopic (exact) mass is 438 g/mol. The van der Waals surface area contributed by atoms with Gasteiger partial charge >= 0.3 is 0 Å². The second-order valence-electron chi connectivity index (χ2n) is 8.59. The van der Waals surface area contributed by atoms with Gasteiger partial charge in [0.25, 0.3) is 0 Å². The lowest BCUT2D eigenvalue weighted by atomic mass is 9.75. The van der Waals surface area contributed by atoms with Gasteiger partial charge in [-0.2, -0.15) is 0 Å². The quantitative estimate of drug-likeness (QED) is 0.206. The highest BCUT2D eigenvalue weighted by Crippen LogP contribution is 2.39. The zero-order chi connectivity index (χ0) is 22.1. The van der Waals surface area contributed by atoms with Gasteiger partial charge in [0.1, 0.15) is 48.8 Å². The minimum absolute atomic E-state index is 0.283. The molecule has 0 unspecified atom stereocenters. The van der Waals surface area contributed by atoms with Crippen LogP contribution in [0.4, 0.5) is 0 Å². The molecule has 2 heterocycles. The van der Waals surface area contributed by atoms with Gasteiger partial charge in [-0.15, -0.1) is 0 Å². The molecule has 0 aromatic rings. The van der Waals surface area contributed by atoms with E-state index in [9.17, 15) is 40.9 Å². The first-order chi connectivity index (χ1) is 14.2. The summed E-state index contributed by atoms with van der Waals surface area (Å²) >= 11 is 0. The highest BCUT2D eigenvalue weighted by molar-refractivity contribution is 5.11. The number of ether oxygens (including phenoxy) is 3. The van der Waals surface area contributed by atoms with Gasteiger partial charge in [0.15, 0.2) is 11.9 Å². The molecule has 2 saturated heterocycles. The molecule has 8 N–H and O–H groups in total. The lowest BCUT2D eigenvalue weighted by Gasteiger charge is -2.54. The third kappa shape index (κ3) is 4.39. The van der Waals surface area contributed by atoms with Crippen LogP contribution in [-0.4, -0.2) is 121 Å². The third-order valence-electron chi connectivity index (χ3n) is 6.63. The molecule has 0 bridgehead atoms. The molecule has 0 aromatic carbocycles. The molecule has 11 nitrogen and oxygen atoms in total. The number of aliphatic hydroxyl groups is 8. The van der Waals surface area contributed by atoms with Crippen LogP contribution < -0.4 is 0 Å². The van der Waals surface area contributed by atoms with Crippen LogP contribution in [0.5, 0.6) is 0 Å². The van der Waals surface area contributed by atoms with Crippen molar-refractivity contribution in [3.63, 3.8) is 0 Å². The summed E-state index contributed by atoms with van der Waals surface area (Å²) in [7, 11) is 0. The molecule has 30 heavy (non-hydrogen) atoms. The van der Waals surface area contributed by atoms with Crippen molar-refractivity contribution in [3.8, 4) is 0 Å². The van der Waals surface area contributed by atoms with E-state index in [2.05, 4.69) is 0 Å². The Morgan fingerprint density at radius 2 is 1.47 bits per heavy atom. The summed E-state index contributed by atoms with van der Waals surface area (Å²) in [6, 6.07) is 0. The average Bonchev–Trinajstić information content (AvgIpc) is 2.76. The van der Waals surface area contributed by atoms with Gasteiger partial charge in [0.05, 0.1) is 19.8 Å². The Labute approximate surface area is 174 Å². The summed E-state index contributed by atoms with van der Waals surface area (Å²) < 4.78 is 16.5. The van der Waals surface area contributed by atoms with E-state index in [1.807, 2.05) is 0 Å². The Morgan fingerprint density at radius 1 is 0.800 bits per heavy atom. The minimum atomic E-state index is -2.56. The first kappa shape index (κ1) is 24.2. The van der Waals surface area contributed by atoms with Crippen LogP contribution in [0.25, 0.3) is 0 Å². The number of hydrogen-bond donors (Lipinski definition) is 8. The van der Waals surface area contributed by atoms with E-state index in [0.717, 1.165) is 32.1 Å². The van der Waals surface area contributed by atoms with E-state index in [1.165, 1.54) is 0 Å². The molecule has 1 aliphatic carbocycles. The molecule has 0 radical (unpaired) electrons. The van der Waals surface area contributed by atoms with Crippen LogP contribution >= 0.6 is 0 Å². The van der Waals surface area contributed by atoms with Gasteiger partial charge in [-0.1, -0.05) is 19.3 Å². The molecule has 1 saturated carbocycles. The highest BCUT2D eigenvalue weighted by Gasteiger charge is 2.64. The molecular formula is C19H34O11. The van der Waals surface area contributed by atoms with Crippen molar-refractivity contribution in [3.05, 3.63) is 0 Å². The molecule has 0 spiro atoms. The topological polar surface area (TPSA) is 190 Å². The van der Waals surface area contributed by atoms with Crippen LogP contribution in [0, 0.1) is 5.92 Å². The van der Waals surface area contributed by atoms with Crippen molar-refractivity contribution in [2.45, 2.75) is 92.8 Å². The molecule has 3 aliphatic rings. The second-order valence-corrected chi connectivity index (χ2v) is 8.59. The molecule has 3 fully saturated rings. The standard InChI is InChI=1S/C19H34O11/c20-6-10-12(22)13(23)14(24)17(29-10)19(27)11(7-21)30-18(15(25)16(19)26)28-8-9-4-2-1-3-5-9/h9-18,20-27H,1-8H2/t10-,11-,12-,13+,14-,15-,16-,17-,18+,19-/m1/s1. The van der Waals surface area contributed by atoms with Crippen molar-refractivity contribution >= 4 is 0 Å². The molecule has 11 heteroatoms. The van der Waals surface area contributed by atoms with Crippen molar-refractivity contribution in [2.24, 2.45) is 5.92 Å². The van der Waals surface area contributed by atoms with Gasteiger partial charge in [0.2, 0.25) is 0 Å². The zero-order valence-electron chi connectivity index (χ0n) is 16.7. The Bertz CT molecular complexity index is 539. The van der Waals surface area contributed by atoms with E-state index in [0.29, 0.717) is 0 Å². The molecule has 176 valence electrons. The maximum Gasteiger partial charge on any atom is 0.186 e. The summed E-state index contributed by atoms with van der Waals surface area (Å²) in [6.07, 6.45) is -9.83. The number of aliphatic hydroxyl groups excluding tert-OH is 7. The van der Waals surface area contributed by atoms with E-state index in [4.69, 9.17) is 14.2 Å². The maximum atomic E-state index is 11.2. The second kappa shape index (κ2) is 10.0. The molecule has 0 amide bonds. The fourth-order valence-corrected chi connectivity index (χ4v) is 4.71. The Hall–Kier alpha value is -0.440. The Kier molecular flexibility index (Phi) is 8.07. The lowest BCUT2D eigenvalue weighted by Crippen LogP contribution is -2.77. The number of rotatable bonds is 6. The van der Waals surface area contributed by atoms with Crippen LogP contribution in [0.1, 0.15) is 32.1 Å². The van der Waals surface area contributed by atoms with Crippen molar-refractivity contribution in [2.75, 3.05) is 19.8 Å². The van der Waals surface area contributed by atoms with Crippen LogP contribution in [0.15, 0.2) is 0 Å². The predicted molar refractivity (Wildman–Crippen MR) is 99.0 cm³/mol. The van der Waals surface area contributed by atoms with Crippen molar-refractivity contribution in [1.82, 2.24) is 0 Å². The molecule has 0 aromatic heterocycles. The van der Waals surface area contributed by atoms with Crippen molar-refractivity contribution < 1.29 is 55.1 Å². The highest BCUT2D eigenvalue weighted by atomic mass is 16.7. The molecule has 3 rings (SSSR count). The smallest absolute Gasteiger partial charge is 0.186 e. The van der Waals surface area contributed by atoms with Gasteiger partial charge in [0, 0.05) is 0 Å². The van der Waals surface area contributed by atoms with Crippen LogP contribution in [0.3, 0.4) is 0 Å². The SMILES string of the molecule is OC[C@H]1O[C@@H]([C@]2(O)[C@H](O)[C@@H](O)[C@@H](OCC3CCCCC3)O[C@@H]2CO)[C@H](O)[C@@H](O)[C@@H]1O. The third-order valence-corrected chi connectivity index (χ3v) is 6.63. The average molecular weight is 438 g/mol. The van der Waals surface area contributed by atoms with Gasteiger partial charge in [-0.25, -0.2) is 0 Å². The molecule has 2 aliphatic heterocycles. The normalized spacial score (nSPS) is 48.6. The lowest BCUT2D eigenvalue weighted by molar-refractivity contribution is -0.373. The summed E-state index contributed by atoms with van der Waals surface area (Å²) in [5.41, 5.74) is -2.56. The molecule has 10 atom stereocenters. The Balaban J connectivity index is 1.76. The first-order valence-corrected chi connectivity index (χ1v) is 10.5. The fourth-order valence-electron chi connectivity index (χ4n) is 4.71. The summed E-state index contributed by atoms with van der Waals surface area (Å²) in [5.74, 6) is 0.283. The van der Waals surface area contributed by atoms with E-state index < -0.39 is 73.9 Å². The fraction of sp³-hybridized carbons (Fsp3) is 1.00. The maximum absolute atomic E-state index is 11.2. The Morgan fingerprint density at radius 3 is 2.07 bits per heavy atom. The van der Waals surface area contributed by atoms with E-state index in [1.54, 1.807) is 0 Å². The van der Waals surface area contributed by atoms with Gasteiger partial charge < -0.3 is 55.1 Å². The van der Waals surface area contributed by atoms with Crippen molar-refractivity contribution in [1.29, 1.82) is 0 Å². The molecular weight excluding hydrogens is 404 g/mol. The minimum Gasteiger partial charge on any atom is -0.394 e. The largest absolute Gasteiger partial charge is 0.394 e. The van der Waals surface area contributed by atoms with Crippen LogP contribution in [0.2, 0.25) is 0 Å². The van der Waals surface area contributed by atoms with Gasteiger partial charge in [-0.3, -0.25) is 0 Å². The van der Waals surface area contributed by atoms with Gasteiger partial charge in [-0.05, 0) is 18.8 Å². The van der Waals surface area contributed by atoms with E-state index in [-0.39, 0.29) is 12.5 Å². The number of hydrogen-bond acceptors (Lipinski definition) is 11. The summed E-state index contributed by atoms with van der Waals surface area (Å²) in [4.78, 5) is 0. The van der Waals surface area contributed by atoms with Crippen LogP contribution in [-0.2, 0) is 14.2 Å². The van der Waals surface area contributed by atoms with E-state index >= 15 is 0 Å². The summed E-state index contributed by atoms with van der Waals surface area (Å²) in [6.45, 7) is -1.28. The summed E-state index contributed by atoms with van der Waals surface area (Å²) in [5, 5.41) is 82.0. The first-order valence-electron chi connectivity index (χ1n) is 10.5.